The molecule has 0 saturated carbocycles. The molecule has 3 rings (SSSR count). The Morgan fingerprint density at radius 1 is 1.09 bits per heavy atom. The topological polar surface area (TPSA) is 46.2 Å². The van der Waals surface area contributed by atoms with Crippen LogP contribution >= 0.6 is 11.6 Å². The minimum absolute atomic E-state index is 0.0422. The Labute approximate surface area is 142 Å². The molecule has 0 unspecified atom stereocenters. The van der Waals surface area contributed by atoms with E-state index in [4.69, 9.17) is 11.6 Å². The third-order valence-electron chi connectivity index (χ3n) is 4.25. The van der Waals surface area contributed by atoms with Crippen molar-refractivity contribution in [2.45, 2.75) is 38.0 Å². The van der Waals surface area contributed by atoms with Crippen molar-refractivity contribution in [3.8, 4) is 0 Å². The summed E-state index contributed by atoms with van der Waals surface area (Å²) in [5, 5.41) is 0.602. The summed E-state index contributed by atoms with van der Waals surface area (Å²) >= 11 is 5.83. The Bertz CT molecular complexity index is 800. The molecule has 0 bridgehead atoms. The van der Waals surface area contributed by atoms with E-state index < -0.39 is 10.0 Å². The number of sulfonamides is 1. The maximum Gasteiger partial charge on any atom is 0.216 e. The first-order chi connectivity index (χ1) is 10.9. The third-order valence-corrected chi connectivity index (χ3v) is 5.93. The molecule has 2 aromatic carbocycles. The zero-order valence-corrected chi connectivity index (χ0v) is 14.6. The van der Waals surface area contributed by atoms with E-state index in [1.807, 2.05) is 13.0 Å². The Balaban J connectivity index is 1.70. The molecule has 2 aromatic rings. The maximum absolute atomic E-state index is 12.4. The van der Waals surface area contributed by atoms with Gasteiger partial charge in [-0.3, -0.25) is 0 Å². The van der Waals surface area contributed by atoms with Crippen LogP contribution in [-0.4, -0.2) is 8.42 Å². The number of rotatable bonds is 5. The zero-order valence-electron chi connectivity index (χ0n) is 13.0. The van der Waals surface area contributed by atoms with Crippen molar-refractivity contribution in [3.63, 3.8) is 0 Å². The molecule has 1 N–H and O–H groups in total. The highest BCUT2D eigenvalue weighted by atomic mass is 35.5. The van der Waals surface area contributed by atoms with Gasteiger partial charge in [-0.25, -0.2) is 13.1 Å². The smallest absolute Gasteiger partial charge is 0.212 e. The van der Waals surface area contributed by atoms with Gasteiger partial charge in [-0.05, 0) is 60.6 Å². The molecule has 0 saturated heterocycles. The van der Waals surface area contributed by atoms with E-state index in [0.717, 1.165) is 24.0 Å². The van der Waals surface area contributed by atoms with Crippen LogP contribution < -0.4 is 4.72 Å². The van der Waals surface area contributed by atoms with E-state index in [9.17, 15) is 8.42 Å². The zero-order chi connectivity index (χ0) is 16.4. The summed E-state index contributed by atoms with van der Waals surface area (Å²) < 4.78 is 27.5. The minimum Gasteiger partial charge on any atom is -0.212 e. The number of aryl methyl sites for hydroxylation is 2. The van der Waals surface area contributed by atoms with Crippen LogP contribution in [0.15, 0.2) is 42.5 Å². The molecule has 1 aliphatic rings. The number of hydrogen-bond acceptors (Lipinski definition) is 2. The summed E-state index contributed by atoms with van der Waals surface area (Å²) in [6, 6.07) is 12.9. The van der Waals surface area contributed by atoms with E-state index in [-0.39, 0.29) is 11.8 Å². The van der Waals surface area contributed by atoms with Crippen molar-refractivity contribution < 1.29 is 8.42 Å². The monoisotopic (exact) mass is 349 g/mol. The number of fused-ring (bicyclic) bond motifs is 1. The predicted octanol–water partition coefficient (Wildman–Crippen LogP) is 4.01. The average Bonchev–Trinajstić information content (AvgIpc) is 2.96. The van der Waals surface area contributed by atoms with Gasteiger partial charge in [0.1, 0.15) is 0 Å². The Morgan fingerprint density at radius 2 is 1.78 bits per heavy atom. The molecule has 0 amide bonds. The third kappa shape index (κ3) is 4.14. The lowest BCUT2D eigenvalue weighted by molar-refractivity contribution is 0.566. The second-order valence-electron chi connectivity index (χ2n) is 6.11. The van der Waals surface area contributed by atoms with Crippen molar-refractivity contribution in [2.75, 3.05) is 0 Å². The summed E-state index contributed by atoms with van der Waals surface area (Å²) in [6.45, 7) is 1.89. The average molecular weight is 350 g/mol. The highest BCUT2D eigenvalue weighted by molar-refractivity contribution is 7.88. The lowest BCUT2D eigenvalue weighted by atomic mass is 10.0. The first-order valence-corrected chi connectivity index (χ1v) is 9.82. The summed E-state index contributed by atoms with van der Waals surface area (Å²) in [6.07, 6.45) is 3.41. The van der Waals surface area contributed by atoms with Crippen molar-refractivity contribution in [3.05, 3.63) is 69.7 Å². The standard InChI is InChI=1S/C18H20ClNO2S/c1-13(16-8-7-15-3-2-4-17(15)11-16)20-23(21,22)12-14-5-9-18(19)10-6-14/h5-11,13,20H,2-4,12H2,1H3/t13-/m0/s1. The van der Waals surface area contributed by atoms with Crippen LogP contribution in [0.4, 0.5) is 0 Å². The van der Waals surface area contributed by atoms with Gasteiger partial charge in [0.05, 0.1) is 5.75 Å². The molecule has 3 nitrogen and oxygen atoms in total. The fourth-order valence-corrected chi connectivity index (χ4v) is 4.56. The van der Waals surface area contributed by atoms with Crippen LogP contribution in [0.1, 0.15) is 41.6 Å². The second-order valence-corrected chi connectivity index (χ2v) is 8.30. The normalized spacial score (nSPS) is 15.4. The lowest BCUT2D eigenvalue weighted by Gasteiger charge is -2.16. The molecule has 0 aromatic heterocycles. The van der Waals surface area contributed by atoms with Crippen molar-refractivity contribution in [1.29, 1.82) is 0 Å². The number of nitrogens with one attached hydrogen (secondary N) is 1. The molecule has 1 atom stereocenters. The van der Waals surface area contributed by atoms with Gasteiger partial charge in [-0.2, -0.15) is 0 Å². The summed E-state index contributed by atoms with van der Waals surface area (Å²) in [7, 11) is -3.40. The highest BCUT2D eigenvalue weighted by Crippen LogP contribution is 2.25. The van der Waals surface area contributed by atoms with E-state index in [2.05, 4.69) is 16.9 Å². The molecule has 0 fully saturated rings. The molecule has 0 radical (unpaired) electrons. The molecule has 0 aliphatic heterocycles. The van der Waals surface area contributed by atoms with Gasteiger partial charge in [0.2, 0.25) is 10.0 Å². The van der Waals surface area contributed by atoms with Gasteiger partial charge in [0.25, 0.3) is 0 Å². The maximum atomic E-state index is 12.4. The van der Waals surface area contributed by atoms with Gasteiger partial charge in [-0.15, -0.1) is 0 Å². The molecular weight excluding hydrogens is 330 g/mol. The second kappa shape index (κ2) is 6.63. The Hall–Kier alpha value is -1.36. The summed E-state index contributed by atoms with van der Waals surface area (Å²) in [5.74, 6) is -0.0422. The highest BCUT2D eigenvalue weighted by Gasteiger charge is 2.18. The van der Waals surface area contributed by atoms with Crippen molar-refractivity contribution in [1.82, 2.24) is 4.72 Å². The molecule has 5 heteroatoms. The molecule has 0 spiro atoms. The van der Waals surface area contributed by atoms with Crippen molar-refractivity contribution in [2.24, 2.45) is 0 Å². The SMILES string of the molecule is C[C@H](NS(=O)(=O)Cc1ccc(Cl)cc1)c1ccc2c(c1)CCC2. The quantitative estimate of drug-likeness (QED) is 0.886. The van der Waals surface area contributed by atoms with E-state index in [1.165, 1.54) is 17.5 Å². The molecule has 122 valence electrons. The van der Waals surface area contributed by atoms with Crippen molar-refractivity contribution >= 4 is 21.6 Å². The Morgan fingerprint density at radius 3 is 2.52 bits per heavy atom. The van der Waals surface area contributed by atoms with Crippen LogP contribution in [-0.2, 0) is 28.6 Å². The van der Waals surface area contributed by atoms with Crippen LogP contribution in [0, 0.1) is 0 Å². The molecular formula is C18H20ClNO2S. The largest absolute Gasteiger partial charge is 0.216 e. The van der Waals surface area contributed by atoms with E-state index in [1.54, 1.807) is 24.3 Å². The van der Waals surface area contributed by atoms with Crippen LogP contribution in [0.3, 0.4) is 0 Å². The number of hydrogen-bond donors (Lipinski definition) is 1. The fraction of sp³-hybridized carbons (Fsp3) is 0.333. The summed E-state index contributed by atoms with van der Waals surface area (Å²) in [4.78, 5) is 0. The molecule has 23 heavy (non-hydrogen) atoms. The van der Waals surface area contributed by atoms with Crippen LogP contribution in [0.5, 0.6) is 0 Å². The predicted molar refractivity (Wildman–Crippen MR) is 94.1 cm³/mol. The van der Waals surface area contributed by atoms with Crippen LogP contribution in [0.25, 0.3) is 0 Å². The van der Waals surface area contributed by atoms with Gasteiger partial charge in [0, 0.05) is 11.1 Å². The van der Waals surface area contributed by atoms with Crippen LogP contribution in [0.2, 0.25) is 5.02 Å². The first kappa shape index (κ1) is 16.5. The minimum atomic E-state index is -3.40. The number of halogens is 1. The van der Waals surface area contributed by atoms with E-state index in [0.29, 0.717) is 5.02 Å². The van der Waals surface area contributed by atoms with Gasteiger partial charge in [0.15, 0.2) is 0 Å². The summed E-state index contributed by atoms with van der Waals surface area (Å²) in [5.41, 5.74) is 4.49. The fourth-order valence-electron chi connectivity index (χ4n) is 3.04. The van der Waals surface area contributed by atoms with Gasteiger partial charge >= 0.3 is 0 Å². The molecule has 0 heterocycles. The Kier molecular flexibility index (Phi) is 4.76. The first-order valence-electron chi connectivity index (χ1n) is 7.79. The lowest BCUT2D eigenvalue weighted by Crippen LogP contribution is -2.28. The van der Waals surface area contributed by atoms with E-state index >= 15 is 0 Å². The van der Waals surface area contributed by atoms with Gasteiger partial charge in [-0.1, -0.05) is 41.9 Å². The van der Waals surface area contributed by atoms with Gasteiger partial charge < -0.3 is 0 Å². The molecule has 1 aliphatic carbocycles. The number of benzene rings is 2.